The maximum atomic E-state index is 12.1. The smallest absolute Gasteiger partial charge is 0.261 e. The molecule has 2 atom stereocenters. The highest BCUT2D eigenvalue weighted by molar-refractivity contribution is 6.21. The van der Waals surface area contributed by atoms with E-state index >= 15 is 0 Å². The molecule has 2 rings (SSSR count). The van der Waals surface area contributed by atoms with Gasteiger partial charge in [0.05, 0.1) is 17.2 Å². The number of rotatable bonds is 5. The van der Waals surface area contributed by atoms with Gasteiger partial charge in [-0.2, -0.15) is 0 Å². The van der Waals surface area contributed by atoms with Crippen molar-refractivity contribution in [3.8, 4) is 0 Å². The van der Waals surface area contributed by atoms with Crippen LogP contribution < -0.4 is 0 Å². The van der Waals surface area contributed by atoms with Gasteiger partial charge in [-0.3, -0.25) is 14.5 Å². The second kappa shape index (κ2) is 5.53. The first-order valence-electron chi connectivity index (χ1n) is 6.69. The molecule has 2 unspecified atom stereocenters. The van der Waals surface area contributed by atoms with E-state index in [1.807, 2.05) is 6.92 Å². The van der Waals surface area contributed by atoms with Crippen LogP contribution in [0.2, 0.25) is 0 Å². The van der Waals surface area contributed by atoms with Crippen LogP contribution in [0.5, 0.6) is 0 Å². The Hall–Kier alpha value is -1.68. The number of imide groups is 1. The molecule has 0 aliphatic carbocycles. The first kappa shape index (κ1) is 13.7. The zero-order valence-electron chi connectivity index (χ0n) is 11.3. The highest BCUT2D eigenvalue weighted by Crippen LogP contribution is 2.24. The predicted octanol–water partition coefficient (Wildman–Crippen LogP) is 2.08. The largest absolute Gasteiger partial charge is 0.393 e. The Labute approximate surface area is 113 Å². The molecule has 0 bridgehead atoms. The van der Waals surface area contributed by atoms with Crippen molar-refractivity contribution in [3.05, 3.63) is 35.4 Å². The number of aliphatic hydroxyl groups is 1. The molecule has 1 aromatic rings. The van der Waals surface area contributed by atoms with Crippen molar-refractivity contribution in [1.82, 2.24) is 4.90 Å². The minimum atomic E-state index is -0.416. The van der Waals surface area contributed by atoms with Gasteiger partial charge >= 0.3 is 0 Å². The first-order chi connectivity index (χ1) is 9.06. The normalized spacial score (nSPS) is 17.5. The number of hydrogen-bond acceptors (Lipinski definition) is 3. The van der Waals surface area contributed by atoms with Crippen molar-refractivity contribution in [2.45, 2.75) is 32.8 Å². The molecule has 19 heavy (non-hydrogen) atoms. The number of nitrogens with zero attached hydrogens (tertiary/aromatic N) is 1. The zero-order chi connectivity index (χ0) is 14.0. The van der Waals surface area contributed by atoms with Crippen LogP contribution in [-0.4, -0.2) is 34.5 Å². The fraction of sp³-hybridized carbons (Fsp3) is 0.467. The van der Waals surface area contributed by atoms with E-state index in [9.17, 15) is 14.7 Å². The molecule has 102 valence electrons. The van der Waals surface area contributed by atoms with Crippen LogP contribution in [0.3, 0.4) is 0 Å². The van der Waals surface area contributed by atoms with Gasteiger partial charge in [-0.15, -0.1) is 0 Å². The van der Waals surface area contributed by atoms with Gasteiger partial charge in [0, 0.05) is 6.54 Å². The van der Waals surface area contributed by atoms with Gasteiger partial charge in [-0.25, -0.2) is 0 Å². The summed E-state index contributed by atoms with van der Waals surface area (Å²) in [6.45, 7) is 4.12. The summed E-state index contributed by atoms with van der Waals surface area (Å²) in [5.74, 6) is -0.327. The Morgan fingerprint density at radius 2 is 1.68 bits per heavy atom. The van der Waals surface area contributed by atoms with Crippen molar-refractivity contribution < 1.29 is 14.7 Å². The maximum absolute atomic E-state index is 12.1. The Balaban J connectivity index is 2.08. The van der Waals surface area contributed by atoms with Crippen molar-refractivity contribution in [1.29, 1.82) is 0 Å². The summed E-state index contributed by atoms with van der Waals surface area (Å²) in [6, 6.07) is 6.89. The summed E-state index contributed by atoms with van der Waals surface area (Å²) in [5.41, 5.74) is 0.968. The van der Waals surface area contributed by atoms with E-state index in [-0.39, 0.29) is 17.7 Å². The van der Waals surface area contributed by atoms with Crippen LogP contribution >= 0.6 is 0 Å². The summed E-state index contributed by atoms with van der Waals surface area (Å²) < 4.78 is 0. The van der Waals surface area contributed by atoms with Gasteiger partial charge in [0.2, 0.25) is 0 Å². The molecule has 0 aromatic heterocycles. The number of aliphatic hydroxyl groups excluding tert-OH is 1. The van der Waals surface area contributed by atoms with Crippen LogP contribution in [-0.2, 0) is 0 Å². The lowest BCUT2D eigenvalue weighted by atomic mass is 9.96. The standard InChI is InChI=1S/C15H19NO3/c1-3-11(10(2)17)8-9-16-14(18)12-6-4-5-7-13(12)15(16)19/h4-7,10-11,17H,3,8-9H2,1-2H3. The monoisotopic (exact) mass is 261 g/mol. The van der Waals surface area contributed by atoms with Crippen molar-refractivity contribution in [2.75, 3.05) is 6.54 Å². The van der Waals surface area contributed by atoms with Gasteiger partial charge < -0.3 is 5.11 Å². The van der Waals surface area contributed by atoms with E-state index in [0.717, 1.165) is 6.42 Å². The lowest BCUT2D eigenvalue weighted by Crippen LogP contribution is -2.33. The number of amides is 2. The second-order valence-corrected chi connectivity index (χ2v) is 5.01. The van der Waals surface area contributed by atoms with Crippen LogP contribution in [0.1, 0.15) is 47.4 Å². The molecule has 1 N–H and O–H groups in total. The van der Waals surface area contributed by atoms with Crippen LogP contribution in [0.15, 0.2) is 24.3 Å². The third kappa shape index (κ3) is 2.54. The van der Waals surface area contributed by atoms with Crippen molar-refractivity contribution in [2.24, 2.45) is 5.92 Å². The summed E-state index contributed by atoms with van der Waals surface area (Å²) in [7, 11) is 0. The number of carbonyl (C=O) groups excluding carboxylic acids is 2. The Bertz CT molecular complexity index is 461. The molecule has 0 fully saturated rings. The van der Waals surface area contributed by atoms with E-state index in [2.05, 4.69) is 0 Å². The van der Waals surface area contributed by atoms with Gasteiger partial charge in [-0.05, 0) is 31.4 Å². The fourth-order valence-corrected chi connectivity index (χ4v) is 2.52. The fourth-order valence-electron chi connectivity index (χ4n) is 2.52. The number of fused-ring (bicyclic) bond motifs is 1. The number of carbonyl (C=O) groups is 2. The molecule has 0 radical (unpaired) electrons. The summed E-state index contributed by atoms with van der Waals surface area (Å²) in [5, 5.41) is 9.60. The molecule has 1 heterocycles. The topological polar surface area (TPSA) is 57.6 Å². The highest BCUT2D eigenvalue weighted by atomic mass is 16.3. The van der Waals surface area contributed by atoms with Crippen LogP contribution in [0, 0.1) is 5.92 Å². The first-order valence-corrected chi connectivity index (χ1v) is 6.69. The average molecular weight is 261 g/mol. The minimum Gasteiger partial charge on any atom is -0.393 e. The summed E-state index contributed by atoms with van der Waals surface area (Å²) >= 11 is 0. The average Bonchev–Trinajstić information content (AvgIpc) is 2.64. The minimum absolute atomic E-state index is 0.115. The molecule has 0 spiro atoms. The molecule has 1 aliphatic heterocycles. The second-order valence-electron chi connectivity index (χ2n) is 5.01. The SMILES string of the molecule is CCC(CCN1C(=O)c2ccccc2C1=O)C(C)O. The van der Waals surface area contributed by atoms with E-state index in [1.165, 1.54) is 4.90 Å². The van der Waals surface area contributed by atoms with Crippen molar-refractivity contribution >= 4 is 11.8 Å². The van der Waals surface area contributed by atoms with Gasteiger partial charge in [0.15, 0.2) is 0 Å². The van der Waals surface area contributed by atoms with Crippen LogP contribution in [0.4, 0.5) is 0 Å². The quantitative estimate of drug-likeness (QED) is 0.826. The molecular formula is C15H19NO3. The van der Waals surface area contributed by atoms with Gasteiger partial charge in [-0.1, -0.05) is 25.5 Å². The Morgan fingerprint density at radius 3 is 2.11 bits per heavy atom. The number of benzene rings is 1. The van der Waals surface area contributed by atoms with Crippen LogP contribution in [0.25, 0.3) is 0 Å². The molecule has 1 aliphatic rings. The molecule has 0 saturated heterocycles. The van der Waals surface area contributed by atoms with Crippen molar-refractivity contribution in [3.63, 3.8) is 0 Å². The molecule has 4 nitrogen and oxygen atoms in total. The molecule has 2 amide bonds. The predicted molar refractivity (Wildman–Crippen MR) is 71.9 cm³/mol. The van der Waals surface area contributed by atoms with Gasteiger partial charge in [0.25, 0.3) is 11.8 Å². The molecule has 4 heteroatoms. The van der Waals surface area contributed by atoms with E-state index < -0.39 is 6.10 Å². The number of hydrogen-bond donors (Lipinski definition) is 1. The summed E-state index contributed by atoms with van der Waals surface area (Å²) in [4.78, 5) is 25.5. The third-order valence-electron chi connectivity index (χ3n) is 3.81. The maximum Gasteiger partial charge on any atom is 0.261 e. The highest BCUT2D eigenvalue weighted by Gasteiger charge is 2.35. The molecule has 0 saturated carbocycles. The third-order valence-corrected chi connectivity index (χ3v) is 3.81. The Morgan fingerprint density at radius 1 is 1.16 bits per heavy atom. The molecular weight excluding hydrogens is 242 g/mol. The summed E-state index contributed by atoms with van der Waals surface area (Å²) in [6.07, 6.45) is 1.06. The molecule has 1 aromatic carbocycles. The zero-order valence-corrected chi connectivity index (χ0v) is 11.3. The van der Waals surface area contributed by atoms with Gasteiger partial charge in [0.1, 0.15) is 0 Å². The lowest BCUT2D eigenvalue weighted by Gasteiger charge is -2.21. The van der Waals surface area contributed by atoms with E-state index in [1.54, 1.807) is 31.2 Å². The van der Waals surface area contributed by atoms with E-state index in [4.69, 9.17) is 0 Å². The lowest BCUT2D eigenvalue weighted by molar-refractivity contribution is 0.0610. The van der Waals surface area contributed by atoms with E-state index in [0.29, 0.717) is 24.1 Å². The Kier molecular flexibility index (Phi) is 4.00.